The van der Waals surface area contributed by atoms with Crippen molar-refractivity contribution in [2.75, 3.05) is 0 Å². The number of aromatic nitrogens is 2. The van der Waals surface area contributed by atoms with Gasteiger partial charge in [-0.25, -0.2) is 13.6 Å². The van der Waals surface area contributed by atoms with Crippen LogP contribution in [0.2, 0.25) is 0 Å². The van der Waals surface area contributed by atoms with Crippen molar-refractivity contribution in [1.82, 2.24) is 14.6 Å². The minimum atomic E-state index is -1.65. The number of aromatic amines is 1. The molecule has 3 unspecified atom stereocenters. The molecule has 4 heterocycles. The van der Waals surface area contributed by atoms with Gasteiger partial charge in [-0.1, -0.05) is 6.08 Å². The van der Waals surface area contributed by atoms with Crippen LogP contribution in [-0.2, 0) is 11.3 Å². The number of H-pyrrole nitrogens is 1. The maximum atomic E-state index is 15.8. The number of furan rings is 1. The van der Waals surface area contributed by atoms with Crippen LogP contribution in [0.3, 0.4) is 0 Å². The van der Waals surface area contributed by atoms with Crippen LogP contribution < -0.4 is 17.0 Å². The molecule has 0 fully saturated rings. The molecule has 1 aromatic carbocycles. The Hall–Kier alpha value is -4.75. The zero-order valence-electron chi connectivity index (χ0n) is 22.9. The number of nitrogens with zero attached hydrogens (tertiary/aromatic N) is 3. The molecule has 0 saturated carbocycles. The zero-order valence-corrected chi connectivity index (χ0v) is 22.9. The molecule has 13 heteroatoms. The molecule has 6 N–H and O–H groups in total. The van der Waals surface area contributed by atoms with Crippen molar-refractivity contribution in [3.63, 3.8) is 0 Å². The van der Waals surface area contributed by atoms with E-state index in [2.05, 4.69) is 10.1 Å². The number of hydrogen-bond donors (Lipinski definition) is 4. The van der Waals surface area contributed by atoms with Gasteiger partial charge in [0.1, 0.15) is 34.9 Å². The Labute approximate surface area is 237 Å². The standard InChI is InChI=1S/C29H28F2N6O5/c1-29(2,3)42-28(40)37-19-10-17(30)13(9-16(19)25(32)35-37)12-36-20-11-18(31)14-6-8-41-24(14)22(20)21(23(36)26(33)38)15-5-4-7-34-27(15)39/h4-11,16,19,26,38H,12,33H2,1-3H3,(H2,32,35)(H,34,39). The summed E-state index contributed by atoms with van der Waals surface area (Å²) < 4.78 is 43.5. The van der Waals surface area contributed by atoms with Gasteiger partial charge in [0.25, 0.3) is 5.56 Å². The number of carbonyl (C=O) groups excluding carboxylic acids is 1. The van der Waals surface area contributed by atoms with Crippen molar-refractivity contribution in [2.24, 2.45) is 22.5 Å². The second-order valence-corrected chi connectivity index (χ2v) is 11.2. The summed E-state index contributed by atoms with van der Waals surface area (Å²) in [6.45, 7) is 4.86. The number of nitrogens with two attached hydrogens (primary N) is 2. The van der Waals surface area contributed by atoms with Crippen LogP contribution in [0.25, 0.3) is 33.0 Å². The molecular weight excluding hydrogens is 550 g/mol. The Morgan fingerprint density at radius 1 is 1.29 bits per heavy atom. The minimum absolute atomic E-state index is 0.0456. The van der Waals surface area contributed by atoms with E-state index in [0.29, 0.717) is 5.39 Å². The molecular formula is C29H28F2N6O5. The van der Waals surface area contributed by atoms with Gasteiger partial charge in [0.05, 0.1) is 46.8 Å². The number of ether oxygens (including phenoxy) is 1. The van der Waals surface area contributed by atoms with Gasteiger partial charge in [0.2, 0.25) is 0 Å². The average molecular weight is 579 g/mol. The molecule has 4 aromatic rings. The molecule has 2 aliphatic rings. The van der Waals surface area contributed by atoms with E-state index in [-0.39, 0.29) is 51.3 Å². The largest absolute Gasteiger partial charge is 0.463 e. The second kappa shape index (κ2) is 9.67. The van der Waals surface area contributed by atoms with Crippen LogP contribution in [-0.4, -0.2) is 43.2 Å². The highest BCUT2D eigenvalue weighted by Gasteiger charge is 2.42. The number of carbonyl (C=O) groups is 1. The van der Waals surface area contributed by atoms with Gasteiger partial charge < -0.3 is 35.3 Å². The van der Waals surface area contributed by atoms with Crippen molar-refractivity contribution >= 4 is 33.8 Å². The predicted molar refractivity (Wildman–Crippen MR) is 151 cm³/mol. The number of fused-ring (bicyclic) bond motifs is 4. The fraction of sp³-hybridized carbons (Fsp3) is 0.276. The number of nitrogens with one attached hydrogen (secondary N) is 1. The van der Waals surface area contributed by atoms with Crippen LogP contribution in [0.5, 0.6) is 0 Å². The van der Waals surface area contributed by atoms with E-state index in [4.69, 9.17) is 20.6 Å². The van der Waals surface area contributed by atoms with E-state index in [9.17, 15) is 14.7 Å². The third-order valence-electron chi connectivity index (χ3n) is 7.25. The number of benzene rings is 1. The highest BCUT2D eigenvalue weighted by Crippen LogP contribution is 2.42. The maximum Gasteiger partial charge on any atom is 0.431 e. The molecule has 1 aliphatic heterocycles. The molecule has 218 valence electrons. The second-order valence-electron chi connectivity index (χ2n) is 11.2. The maximum absolute atomic E-state index is 15.8. The number of pyridine rings is 1. The van der Waals surface area contributed by atoms with Gasteiger partial charge in [0, 0.05) is 22.9 Å². The topological polar surface area (TPSA) is 165 Å². The minimum Gasteiger partial charge on any atom is -0.463 e. The molecule has 1 aliphatic carbocycles. The van der Waals surface area contributed by atoms with Crippen LogP contribution in [0.15, 0.2) is 74.6 Å². The number of amides is 1. The summed E-state index contributed by atoms with van der Waals surface area (Å²) in [7, 11) is 0. The number of hydrazone groups is 1. The summed E-state index contributed by atoms with van der Waals surface area (Å²) in [6.07, 6.45) is 3.07. The molecule has 1 amide bonds. The molecule has 0 saturated heterocycles. The molecule has 6 rings (SSSR count). The zero-order chi connectivity index (χ0) is 30.1. The van der Waals surface area contributed by atoms with E-state index in [1.165, 1.54) is 47.4 Å². The smallest absolute Gasteiger partial charge is 0.431 e. The lowest BCUT2D eigenvalue weighted by molar-refractivity contribution is 0.0216. The lowest BCUT2D eigenvalue weighted by atomic mass is 9.90. The van der Waals surface area contributed by atoms with Crippen molar-refractivity contribution in [3.05, 3.63) is 82.1 Å². The van der Waals surface area contributed by atoms with Gasteiger partial charge in [-0.15, -0.1) is 0 Å². The van der Waals surface area contributed by atoms with E-state index >= 15 is 8.78 Å². The molecule has 0 spiro atoms. The Bertz CT molecular complexity index is 1910. The molecule has 0 bridgehead atoms. The quantitative estimate of drug-likeness (QED) is 0.264. The van der Waals surface area contributed by atoms with Crippen molar-refractivity contribution < 1.29 is 27.8 Å². The Kier molecular flexibility index (Phi) is 6.31. The number of amidine groups is 1. The first-order chi connectivity index (χ1) is 19.9. The first kappa shape index (κ1) is 27.4. The SMILES string of the molecule is CC(C)(C)OC(=O)N1N=C(N)C2C=C(Cn3c(C(N)O)c(-c4ccc[nH]c4=O)c4c5occc5c(F)cc43)C(F)=CC21. The van der Waals surface area contributed by atoms with E-state index in [1.807, 2.05) is 0 Å². The lowest BCUT2D eigenvalue weighted by Crippen LogP contribution is -2.40. The number of aliphatic hydroxyl groups is 1. The lowest BCUT2D eigenvalue weighted by Gasteiger charge is -2.28. The molecule has 3 atom stereocenters. The van der Waals surface area contributed by atoms with E-state index in [0.717, 1.165) is 5.01 Å². The summed E-state index contributed by atoms with van der Waals surface area (Å²) in [5.74, 6) is -1.91. The Morgan fingerprint density at radius 2 is 2.05 bits per heavy atom. The Balaban J connectivity index is 1.51. The fourth-order valence-corrected chi connectivity index (χ4v) is 5.56. The molecule has 3 aromatic heterocycles. The first-order valence-corrected chi connectivity index (χ1v) is 13.1. The van der Waals surface area contributed by atoms with Crippen molar-refractivity contribution in [1.29, 1.82) is 0 Å². The van der Waals surface area contributed by atoms with Crippen LogP contribution in [0.1, 0.15) is 32.7 Å². The van der Waals surface area contributed by atoms with E-state index in [1.54, 1.807) is 26.8 Å². The number of aliphatic hydroxyl groups excluding tert-OH is 1. The first-order valence-electron chi connectivity index (χ1n) is 13.1. The summed E-state index contributed by atoms with van der Waals surface area (Å²) in [5.41, 5.74) is 11.8. The van der Waals surface area contributed by atoms with Crippen molar-refractivity contribution in [2.45, 2.75) is 45.2 Å². The fourth-order valence-electron chi connectivity index (χ4n) is 5.56. The third kappa shape index (κ3) is 4.37. The number of halogens is 2. The predicted octanol–water partition coefficient (Wildman–Crippen LogP) is 4.13. The van der Waals surface area contributed by atoms with Gasteiger partial charge in [0.15, 0.2) is 0 Å². The normalized spacial score (nSPS) is 19.5. The van der Waals surface area contributed by atoms with Crippen LogP contribution >= 0.6 is 0 Å². The Morgan fingerprint density at radius 3 is 2.74 bits per heavy atom. The van der Waals surface area contributed by atoms with Gasteiger partial charge in [-0.05, 0) is 51.1 Å². The van der Waals surface area contributed by atoms with Gasteiger partial charge in [-0.3, -0.25) is 4.79 Å². The highest BCUT2D eigenvalue weighted by molar-refractivity contribution is 6.12. The van der Waals surface area contributed by atoms with Crippen LogP contribution in [0.4, 0.5) is 13.6 Å². The summed E-state index contributed by atoms with van der Waals surface area (Å²) >= 11 is 0. The van der Waals surface area contributed by atoms with E-state index < -0.39 is 47.1 Å². The number of allylic oxidation sites excluding steroid dienone is 2. The summed E-state index contributed by atoms with van der Waals surface area (Å²) in [4.78, 5) is 28.3. The number of hydrogen-bond acceptors (Lipinski definition) is 8. The monoisotopic (exact) mass is 578 g/mol. The summed E-state index contributed by atoms with van der Waals surface area (Å²) in [6, 6.07) is 4.95. The van der Waals surface area contributed by atoms with Gasteiger partial charge >= 0.3 is 6.09 Å². The molecule has 11 nitrogen and oxygen atoms in total. The number of rotatable bonds is 4. The van der Waals surface area contributed by atoms with Crippen molar-refractivity contribution in [3.8, 4) is 11.1 Å². The average Bonchev–Trinajstić information content (AvgIpc) is 3.59. The van der Waals surface area contributed by atoms with Crippen LogP contribution in [0, 0.1) is 11.7 Å². The molecule has 0 radical (unpaired) electrons. The molecule has 42 heavy (non-hydrogen) atoms. The summed E-state index contributed by atoms with van der Waals surface area (Å²) in [5, 5.41) is 16.4. The van der Waals surface area contributed by atoms with Gasteiger partial charge in [-0.2, -0.15) is 10.1 Å². The highest BCUT2D eigenvalue weighted by atomic mass is 19.1. The third-order valence-corrected chi connectivity index (χ3v) is 7.25.